The van der Waals surface area contributed by atoms with Crippen molar-refractivity contribution in [3.05, 3.63) is 83.4 Å². The molecule has 0 saturated carbocycles. The summed E-state index contributed by atoms with van der Waals surface area (Å²) in [5.74, 6) is 0.406. The molecule has 4 heteroatoms. The Morgan fingerprint density at radius 3 is 2.44 bits per heavy atom. The third-order valence-corrected chi connectivity index (χ3v) is 4.24. The van der Waals surface area contributed by atoms with E-state index in [1.165, 1.54) is 17.7 Å². The van der Waals surface area contributed by atoms with Gasteiger partial charge in [0.25, 0.3) is 0 Å². The molecule has 0 aliphatic carbocycles. The predicted molar refractivity (Wildman–Crippen MR) is 94.6 cm³/mol. The average molecular weight is 333 g/mol. The SMILES string of the molecule is Cc1cc(C)c2oc(-c3cc[n+](Cc4ccc(F)cc4)cc3)nc2c1. The number of benzene rings is 2. The highest BCUT2D eigenvalue weighted by Gasteiger charge is 2.12. The Kier molecular flexibility index (Phi) is 3.80. The monoisotopic (exact) mass is 333 g/mol. The largest absolute Gasteiger partial charge is 0.436 e. The van der Waals surface area contributed by atoms with Gasteiger partial charge in [-0.1, -0.05) is 6.07 Å². The highest BCUT2D eigenvalue weighted by molar-refractivity contribution is 5.79. The summed E-state index contributed by atoms with van der Waals surface area (Å²) >= 11 is 0. The van der Waals surface area contributed by atoms with Crippen LogP contribution in [-0.4, -0.2) is 4.98 Å². The summed E-state index contributed by atoms with van der Waals surface area (Å²) in [5, 5.41) is 0. The number of oxazole rings is 1. The van der Waals surface area contributed by atoms with Crippen LogP contribution in [0.2, 0.25) is 0 Å². The maximum absolute atomic E-state index is 13.0. The van der Waals surface area contributed by atoms with Gasteiger partial charge in [-0.05, 0) is 55.3 Å². The Labute approximate surface area is 145 Å². The third-order valence-electron chi connectivity index (χ3n) is 4.24. The number of aryl methyl sites for hydroxylation is 2. The molecule has 4 aromatic rings. The summed E-state index contributed by atoms with van der Waals surface area (Å²) in [7, 11) is 0. The average Bonchev–Trinajstić information content (AvgIpc) is 3.02. The molecule has 0 unspecified atom stereocenters. The van der Waals surface area contributed by atoms with Crippen LogP contribution in [-0.2, 0) is 6.54 Å². The lowest BCUT2D eigenvalue weighted by molar-refractivity contribution is -0.688. The van der Waals surface area contributed by atoms with Gasteiger partial charge in [0.05, 0.1) is 0 Å². The molecule has 25 heavy (non-hydrogen) atoms. The van der Waals surface area contributed by atoms with Crippen LogP contribution in [0.1, 0.15) is 16.7 Å². The molecule has 0 fully saturated rings. The molecule has 0 spiro atoms. The minimum atomic E-state index is -0.217. The van der Waals surface area contributed by atoms with Crippen molar-refractivity contribution in [2.45, 2.75) is 20.4 Å². The molecular weight excluding hydrogens is 315 g/mol. The fourth-order valence-electron chi connectivity index (χ4n) is 3.01. The standard InChI is InChI=1S/C21H18FN2O/c1-14-11-15(2)20-19(12-14)23-21(25-20)17-7-9-24(10-8-17)13-16-3-5-18(22)6-4-16/h3-12H,13H2,1-2H3/q+1. The Bertz CT molecular complexity index is 1030. The van der Waals surface area contributed by atoms with Crippen LogP contribution in [0, 0.1) is 19.7 Å². The van der Waals surface area contributed by atoms with Crippen molar-refractivity contribution in [2.24, 2.45) is 0 Å². The van der Waals surface area contributed by atoms with Crippen molar-refractivity contribution < 1.29 is 13.4 Å². The van der Waals surface area contributed by atoms with E-state index in [9.17, 15) is 4.39 Å². The quantitative estimate of drug-likeness (QED) is 0.513. The topological polar surface area (TPSA) is 29.9 Å². The van der Waals surface area contributed by atoms with E-state index in [1.807, 2.05) is 42.1 Å². The van der Waals surface area contributed by atoms with Crippen LogP contribution in [0.25, 0.3) is 22.6 Å². The van der Waals surface area contributed by atoms with Crippen LogP contribution in [0.3, 0.4) is 0 Å². The molecule has 0 N–H and O–H groups in total. The van der Waals surface area contributed by atoms with E-state index in [0.29, 0.717) is 12.4 Å². The van der Waals surface area contributed by atoms with E-state index < -0.39 is 0 Å². The van der Waals surface area contributed by atoms with Gasteiger partial charge in [0, 0.05) is 23.3 Å². The van der Waals surface area contributed by atoms with Gasteiger partial charge in [0.15, 0.2) is 24.5 Å². The third kappa shape index (κ3) is 3.15. The lowest BCUT2D eigenvalue weighted by Gasteiger charge is -1.99. The molecule has 0 aliphatic rings. The van der Waals surface area contributed by atoms with Crippen molar-refractivity contribution >= 4 is 11.1 Å². The van der Waals surface area contributed by atoms with Crippen LogP contribution < -0.4 is 4.57 Å². The second-order valence-electron chi connectivity index (χ2n) is 6.33. The molecular formula is C21H18FN2O+. The Morgan fingerprint density at radius 2 is 1.72 bits per heavy atom. The molecule has 4 rings (SSSR count). The van der Waals surface area contributed by atoms with Gasteiger partial charge in [-0.25, -0.2) is 13.9 Å². The zero-order chi connectivity index (χ0) is 17.4. The summed E-state index contributed by atoms with van der Waals surface area (Å²) < 4.78 is 21.0. The number of hydrogen-bond acceptors (Lipinski definition) is 2. The summed E-state index contributed by atoms with van der Waals surface area (Å²) in [5.41, 5.74) is 5.97. The maximum Gasteiger partial charge on any atom is 0.227 e. The van der Waals surface area contributed by atoms with Gasteiger partial charge in [0.1, 0.15) is 11.3 Å². The maximum atomic E-state index is 13.0. The lowest BCUT2D eigenvalue weighted by Crippen LogP contribution is -2.32. The Hall–Kier alpha value is -3.01. The Morgan fingerprint density at radius 1 is 1.00 bits per heavy atom. The smallest absolute Gasteiger partial charge is 0.227 e. The van der Waals surface area contributed by atoms with E-state index >= 15 is 0 Å². The lowest BCUT2D eigenvalue weighted by atomic mass is 10.1. The van der Waals surface area contributed by atoms with Gasteiger partial charge >= 0.3 is 0 Å². The van der Waals surface area contributed by atoms with E-state index in [2.05, 4.69) is 18.0 Å². The van der Waals surface area contributed by atoms with Crippen LogP contribution in [0.15, 0.2) is 65.3 Å². The number of fused-ring (bicyclic) bond motifs is 1. The number of pyridine rings is 1. The molecule has 124 valence electrons. The van der Waals surface area contributed by atoms with Crippen molar-refractivity contribution in [3.63, 3.8) is 0 Å². The van der Waals surface area contributed by atoms with E-state index in [4.69, 9.17) is 4.42 Å². The van der Waals surface area contributed by atoms with E-state index in [1.54, 1.807) is 12.1 Å². The molecule has 0 radical (unpaired) electrons. The second-order valence-corrected chi connectivity index (χ2v) is 6.33. The second kappa shape index (κ2) is 6.13. The van der Waals surface area contributed by atoms with Crippen LogP contribution in [0.4, 0.5) is 4.39 Å². The van der Waals surface area contributed by atoms with Gasteiger partial charge < -0.3 is 4.42 Å². The highest BCUT2D eigenvalue weighted by atomic mass is 19.1. The molecule has 2 aromatic heterocycles. The first-order chi connectivity index (χ1) is 12.1. The highest BCUT2D eigenvalue weighted by Crippen LogP contribution is 2.26. The van der Waals surface area contributed by atoms with E-state index in [0.717, 1.165) is 27.8 Å². The molecule has 3 nitrogen and oxygen atoms in total. The van der Waals surface area contributed by atoms with Crippen LogP contribution >= 0.6 is 0 Å². The zero-order valence-electron chi connectivity index (χ0n) is 14.2. The summed E-state index contributed by atoms with van der Waals surface area (Å²) in [4.78, 5) is 4.61. The summed E-state index contributed by atoms with van der Waals surface area (Å²) in [6, 6.07) is 14.6. The minimum absolute atomic E-state index is 0.217. The molecule has 0 amide bonds. The van der Waals surface area contributed by atoms with Crippen molar-refractivity contribution in [2.75, 3.05) is 0 Å². The predicted octanol–water partition coefficient (Wildman–Crippen LogP) is 4.59. The van der Waals surface area contributed by atoms with Crippen molar-refractivity contribution in [1.29, 1.82) is 0 Å². The molecule has 0 bridgehead atoms. The number of aromatic nitrogens is 2. The fraction of sp³-hybridized carbons (Fsp3) is 0.143. The first-order valence-corrected chi connectivity index (χ1v) is 8.20. The number of rotatable bonds is 3. The van der Waals surface area contributed by atoms with Gasteiger partial charge in [-0.3, -0.25) is 0 Å². The molecule has 0 atom stereocenters. The van der Waals surface area contributed by atoms with Gasteiger partial charge in [-0.15, -0.1) is 0 Å². The van der Waals surface area contributed by atoms with Gasteiger partial charge in [-0.2, -0.15) is 0 Å². The first kappa shape index (κ1) is 15.5. The Balaban J connectivity index is 1.61. The van der Waals surface area contributed by atoms with Crippen molar-refractivity contribution in [3.8, 4) is 11.5 Å². The minimum Gasteiger partial charge on any atom is -0.436 e. The zero-order valence-corrected chi connectivity index (χ0v) is 14.2. The van der Waals surface area contributed by atoms with Gasteiger partial charge in [0.2, 0.25) is 5.89 Å². The number of hydrogen-bond donors (Lipinski definition) is 0. The molecule has 0 aliphatic heterocycles. The first-order valence-electron chi connectivity index (χ1n) is 8.20. The number of nitrogens with zero attached hydrogens (tertiary/aromatic N) is 2. The molecule has 0 saturated heterocycles. The van der Waals surface area contributed by atoms with E-state index in [-0.39, 0.29) is 5.82 Å². The van der Waals surface area contributed by atoms with Crippen molar-refractivity contribution in [1.82, 2.24) is 4.98 Å². The molecule has 2 aromatic carbocycles. The molecule has 2 heterocycles. The summed E-state index contributed by atoms with van der Waals surface area (Å²) in [6.45, 7) is 4.78. The fourth-order valence-corrected chi connectivity index (χ4v) is 3.01. The van der Waals surface area contributed by atoms with Crippen LogP contribution in [0.5, 0.6) is 0 Å². The normalized spacial score (nSPS) is 11.2. The number of halogens is 1. The summed E-state index contributed by atoms with van der Waals surface area (Å²) in [6.07, 6.45) is 3.96.